The van der Waals surface area contributed by atoms with Crippen LogP contribution in [-0.2, 0) is 54.4 Å². The van der Waals surface area contributed by atoms with Gasteiger partial charge in [0, 0.05) is 36.7 Å². The Morgan fingerprint density at radius 1 is 0.658 bits per heavy atom. The fourth-order valence-electron chi connectivity index (χ4n) is 12.3. The molecular formula is C82H90ClFN10O26. The lowest BCUT2D eigenvalue weighted by Crippen LogP contribution is -2.66. The van der Waals surface area contributed by atoms with E-state index in [4.69, 9.17) is 73.5 Å². The SMILES string of the molecule is CNC(=O)/C(=N/OC)c1ccccc1COc1cc(C)ccc1C.CO/C=C(/C(=O)OC)c1ccccc1Oc1cc(Oc2ccccc2C#N)ncn1.CO/N=C(/C1=NOCCO1)c1ccccc1Oc1ncnc(Oc2ccccc2Cl)c1F.OCC1=C[C@H](N[C@H]2C[C@H](CO)[C@@H](O[C@@H]3O[C@H](CO)[C@@H](O)[C@H](O)[C@H]3O)[C@H](O)[C@H]2O)[C@H](O)[C@@H](O)[C@H]1O. The number of methoxy groups -OCH3 is 2. The van der Waals surface area contributed by atoms with Gasteiger partial charge in [-0.2, -0.15) is 19.6 Å². The first-order valence-corrected chi connectivity index (χ1v) is 37.2. The quantitative estimate of drug-likeness (QED) is 0.00814. The van der Waals surface area contributed by atoms with Crippen molar-refractivity contribution in [2.24, 2.45) is 21.4 Å². The van der Waals surface area contributed by atoms with Gasteiger partial charge in [0.2, 0.25) is 17.6 Å². The summed E-state index contributed by atoms with van der Waals surface area (Å²) in [6.45, 7) is 3.15. The molecule has 13 N–H and O–H groups in total. The molecule has 2 aliphatic heterocycles. The molecule has 1 amide bonds. The van der Waals surface area contributed by atoms with E-state index in [1.165, 1.54) is 53.2 Å². The number of halogens is 2. The predicted octanol–water partition coefficient (Wildman–Crippen LogP) is 4.88. The van der Waals surface area contributed by atoms with Gasteiger partial charge in [-0.15, -0.1) is 0 Å². The van der Waals surface area contributed by atoms with Crippen molar-refractivity contribution in [2.75, 3.05) is 68.5 Å². The Labute approximate surface area is 691 Å². The van der Waals surface area contributed by atoms with Crippen LogP contribution < -0.4 is 34.3 Å². The minimum atomic E-state index is -1.75. The molecule has 12 rings (SSSR count). The normalized spacial score (nSPS) is 22.7. The molecule has 8 aromatic rings. The molecule has 4 heterocycles. The number of aromatic nitrogens is 4. The number of ether oxygens (including phenoxy) is 10. The van der Waals surface area contributed by atoms with Crippen LogP contribution in [0, 0.1) is 36.9 Å². The molecule has 0 radical (unpaired) electrons. The van der Waals surface area contributed by atoms with Crippen molar-refractivity contribution in [3.8, 4) is 58.3 Å². The Bertz CT molecular complexity index is 4940. The molecule has 2 fully saturated rings. The number of aryl methyl sites for hydroxylation is 2. The van der Waals surface area contributed by atoms with Crippen molar-refractivity contribution in [1.82, 2.24) is 30.6 Å². The standard InChI is InChI=1S/C22H17N3O5.C21H16ClFN4O5.C20H35NO13.C19H22N2O3/c1-27-13-17(22(26)28-2)16-8-4-6-10-19(16)30-21-11-20(24-14-25-21)29-18-9-5-3-7-15(18)12-23;1-28-26-18(21-27-30-11-10-29-21)13-6-2-4-8-15(13)31-19-17(23)20(25-12-24-19)32-16-9-5-3-7-14(16)22;22-3-6-1-8(12(26)15(29)11(6)25)21-9-2-7(4-23)19(17(31)13(9)27)34-20-18(32)16(30)14(28)10(5-24)33-20;1-13-9-10-14(2)17(11-13)24-12-15-7-5-6-8-16(15)18(21-23-4)19(22)20-3/h3-11,13-14H,1-2H3;2-9,12H,10-11H2,1H3;1,7-32H,2-5H2;5-11H,12H2,1-4H3,(H,20,22)/b17-13+;26-18+;;21-18+/t;;7-,8+,9+,10-,11+,12+,13+,14-,15+,16+,17-,18-,19-,20+;/m..1./s1. The van der Waals surface area contributed by atoms with Crippen molar-refractivity contribution in [3.05, 3.63) is 226 Å². The summed E-state index contributed by atoms with van der Waals surface area (Å²) >= 11 is 6.07. The van der Waals surface area contributed by atoms with Crippen molar-refractivity contribution in [2.45, 2.75) is 106 Å². The zero-order valence-electron chi connectivity index (χ0n) is 65.6. The average Bonchev–Trinajstić information content (AvgIpc) is 0.758. The van der Waals surface area contributed by atoms with Crippen molar-refractivity contribution in [1.29, 1.82) is 5.26 Å². The lowest BCUT2D eigenvalue weighted by molar-refractivity contribution is -0.328. The molecule has 6 aromatic carbocycles. The molecule has 120 heavy (non-hydrogen) atoms. The van der Waals surface area contributed by atoms with Crippen LogP contribution in [-0.4, -0.2) is 253 Å². The van der Waals surface area contributed by atoms with Gasteiger partial charge in [0.1, 0.15) is 129 Å². The summed E-state index contributed by atoms with van der Waals surface area (Å²) in [7, 11) is 7.05. The smallest absolute Gasteiger partial charge is 0.341 e. The summed E-state index contributed by atoms with van der Waals surface area (Å²) in [4.78, 5) is 54.8. The van der Waals surface area contributed by atoms with Gasteiger partial charge < -0.3 is 129 Å². The van der Waals surface area contributed by atoms with Gasteiger partial charge in [-0.05, 0) is 96.2 Å². The van der Waals surface area contributed by atoms with Crippen LogP contribution in [0.5, 0.6) is 52.3 Å². The second-order valence-corrected chi connectivity index (χ2v) is 26.8. The zero-order valence-corrected chi connectivity index (χ0v) is 66.3. The number of nitrogens with one attached hydrogen (secondary N) is 2. The first-order chi connectivity index (χ1) is 57.9. The van der Waals surface area contributed by atoms with Crippen LogP contribution in [0.2, 0.25) is 5.02 Å². The summed E-state index contributed by atoms with van der Waals surface area (Å²) in [6.07, 6.45) is -12.0. The van der Waals surface area contributed by atoms with E-state index in [9.17, 15) is 71.0 Å². The fourth-order valence-corrected chi connectivity index (χ4v) is 12.5. The highest BCUT2D eigenvalue weighted by atomic mass is 35.5. The third-order valence-electron chi connectivity index (χ3n) is 18.5. The number of rotatable bonds is 27. The van der Waals surface area contributed by atoms with Crippen LogP contribution in [0.15, 0.2) is 192 Å². The Morgan fingerprint density at radius 2 is 1.27 bits per heavy atom. The fraction of sp³-hybridized carbons (Fsp3) is 0.341. The molecule has 1 saturated heterocycles. The molecule has 0 unspecified atom stereocenters. The molecule has 36 nitrogen and oxygen atoms in total. The number of carbonyl (C=O) groups is 2. The molecule has 0 spiro atoms. The van der Waals surface area contributed by atoms with Gasteiger partial charge in [-0.3, -0.25) is 4.79 Å². The van der Waals surface area contributed by atoms with Gasteiger partial charge >= 0.3 is 5.97 Å². The molecule has 0 bridgehead atoms. The zero-order chi connectivity index (χ0) is 86.5. The third-order valence-corrected chi connectivity index (χ3v) is 18.8. The highest BCUT2D eigenvalue weighted by molar-refractivity contribution is 6.46. The van der Waals surface area contributed by atoms with Crippen LogP contribution in [0.25, 0.3) is 5.57 Å². The average molecular weight is 1690 g/mol. The minimum Gasteiger partial charge on any atom is -0.503 e. The number of carbonyl (C=O) groups excluding carboxylic acids is 2. The number of para-hydroxylation sites is 4. The number of benzene rings is 6. The number of aliphatic hydroxyl groups excluding tert-OH is 11. The molecule has 38 heteroatoms. The molecular weight excluding hydrogens is 1600 g/mol. The Balaban J connectivity index is 0.000000183. The van der Waals surface area contributed by atoms with Crippen molar-refractivity contribution < 1.29 is 132 Å². The number of hydrogen-bond acceptors (Lipinski definition) is 35. The Morgan fingerprint density at radius 3 is 1.90 bits per heavy atom. The van der Waals surface area contributed by atoms with E-state index in [0.717, 1.165) is 28.8 Å². The second kappa shape index (κ2) is 45.3. The monoisotopic (exact) mass is 1680 g/mol. The summed E-state index contributed by atoms with van der Waals surface area (Å²) < 4.78 is 70.0. The number of amides is 1. The largest absolute Gasteiger partial charge is 0.503 e. The summed E-state index contributed by atoms with van der Waals surface area (Å²) in [5, 5.41) is 137. The third kappa shape index (κ3) is 23.7. The molecule has 2 aromatic heterocycles. The van der Waals surface area contributed by atoms with E-state index in [1.54, 1.807) is 104 Å². The molecule has 4 aliphatic rings. The number of aliphatic hydroxyl groups is 11. The highest BCUT2D eigenvalue weighted by Crippen LogP contribution is 2.38. The van der Waals surface area contributed by atoms with E-state index in [2.05, 4.69) is 52.1 Å². The number of hydrogen-bond donors (Lipinski definition) is 13. The van der Waals surface area contributed by atoms with E-state index in [1.807, 2.05) is 56.3 Å². The molecule has 1 saturated carbocycles. The number of nitrogens with zero attached hydrogens (tertiary/aromatic N) is 8. The Hall–Kier alpha value is -11.9. The number of likely N-dealkylation sites (N-methyl/N-ethyl adjacent to an activating group) is 1. The van der Waals surface area contributed by atoms with Gasteiger partial charge in [0.15, 0.2) is 24.3 Å². The number of esters is 1. The Kier molecular flexibility index (Phi) is 34.7. The summed E-state index contributed by atoms with van der Waals surface area (Å²) in [6, 6.07) is 42.2. The van der Waals surface area contributed by atoms with Crippen LogP contribution in [0.4, 0.5) is 4.39 Å². The van der Waals surface area contributed by atoms with E-state index in [-0.39, 0.29) is 82.4 Å². The van der Waals surface area contributed by atoms with Crippen LogP contribution in [0.1, 0.15) is 45.4 Å². The number of oxime groups is 3. The van der Waals surface area contributed by atoms with E-state index in [0.29, 0.717) is 52.0 Å². The lowest BCUT2D eigenvalue weighted by Gasteiger charge is -2.47. The van der Waals surface area contributed by atoms with E-state index < -0.39 is 117 Å². The van der Waals surface area contributed by atoms with Crippen LogP contribution >= 0.6 is 11.6 Å². The molecule has 2 aliphatic carbocycles. The first kappa shape index (κ1) is 92.0. The summed E-state index contributed by atoms with van der Waals surface area (Å²) in [5.41, 5.74) is 5.65. The summed E-state index contributed by atoms with van der Waals surface area (Å²) in [5.74, 6) is -0.879. The topological polar surface area (TPSA) is 513 Å². The maximum atomic E-state index is 15.1. The second-order valence-electron chi connectivity index (χ2n) is 26.4. The predicted molar refractivity (Wildman–Crippen MR) is 424 cm³/mol. The minimum absolute atomic E-state index is 0.0129. The van der Waals surface area contributed by atoms with Gasteiger partial charge in [-0.1, -0.05) is 119 Å². The lowest BCUT2D eigenvalue weighted by atomic mass is 9.78. The van der Waals surface area contributed by atoms with Gasteiger partial charge in [-0.25, -0.2) is 14.8 Å². The van der Waals surface area contributed by atoms with Crippen LogP contribution in [0.3, 0.4) is 0 Å². The number of nitriles is 1. The van der Waals surface area contributed by atoms with Gasteiger partial charge in [0.25, 0.3) is 23.6 Å². The van der Waals surface area contributed by atoms with E-state index >= 15 is 4.39 Å². The first-order valence-electron chi connectivity index (χ1n) is 36.8. The maximum absolute atomic E-state index is 15.1. The maximum Gasteiger partial charge on any atom is 0.341 e. The van der Waals surface area contributed by atoms with Crippen molar-refractivity contribution >= 4 is 46.4 Å². The molecule has 638 valence electrons. The highest BCUT2D eigenvalue weighted by Gasteiger charge is 2.51. The van der Waals surface area contributed by atoms with Gasteiger partial charge in [0.05, 0.1) is 74.2 Å². The van der Waals surface area contributed by atoms with Crippen molar-refractivity contribution in [3.63, 3.8) is 0 Å². The molecule has 14 atom stereocenters.